The average molecular weight is 725 g/mol. The molecule has 0 aliphatic heterocycles. The topological polar surface area (TPSA) is 78.9 Å². The predicted octanol–water partition coefficient (Wildman–Crippen LogP) is 13.1. The molecule has 0 saturated carbocycles. The first-order chi connectivity index (χ1) is 25.5. The Morgan fingerprint density at radius 1 is 0.404 bits per heavy atom. The molecule has 0 bridgehead atoms. The molecule has 0 spiro atoms. The van der Waals surface area contributed by atoms with Crippen LogP contribution in [0.2, 0.25) is 0 Å². The van der Waals surface area contributed by atoms with Gasteiger partial charge in [0, 0.05) is 19.3 Å². The fourth-order valence-corrected chi connectivity index (χ4v) is 5.35. The lowest BCUT2D eigenvalue weighted by molar-refractivity contribution is -0.167. The summed E-state index contributed by atoms with van der Waals surface area (Å²) in [4.78, 5) is 37.5. The molecule has 6 heteroatoms. The Labute approximate surface area is 319 Å². The molecule has 296 valence electrons. The minimum Gasteiger partial charge on any atom is -0.462 e. The van der Waals surface area contributed by atoms with Gasteiger partial charge in [-0.05, 0) is 83.5 Å². The first-order valence-electron chi connectivity index (χ1n) is 20.9. The standard InChI is InChI=1S/C46H76O6/c1-4-7-10-13-16-19-20-21-22-23-24-25-28-30-33-36-39-45(48)51-42-43(52-46(49)40-37-34-31-27-18-15-12-9-6-3)41-50-44(47)38-35-32-29-26-17-14-11-8-5-2/h7,9-10,12,16,18-19,21-22,24-25,27,43H,4-6,8,11,13-15,17,20,23,26,28-42H2,1-3H3/b10-7-,12-9-,19-16-,22-21-,25-24-,27-18-. The van der Waals surface area contributed by atoms with Gasteiger partial charge in [-0.3, -0.25) is 14.4 Å². The number of esters is 3. The first kappa shape index (κ1) is 48.9. The van der Waals surface area contributed by atoms with Gasteiger partial charge in [0.1, 0.15) is 13.2 Å². The molecule has 0 fully saturated rings. The van der Waals surface area contributed by atoms with Crippen molar-refractivity contribution in [3.05, 3.63) is 72.9 Å². The third kappa shape index (κ3) is 38.1. The van der Waals surface area contributed by atoms with Crippen molar-refractivity contribution < 1.29 is 28.6 Å². The lowest BCUT2D eigenvalue weighted by Crippen LogP contribution is -2.30. The zero-order valence-corrected chi connectivity index (χ0v) is 33.5. The van der Waals surface area contributed by atoms with Gasteiger partial charge in [0.25, 0.3) is 0 Å². The Kier molecular flexibility index (Phi) is 38.2. The van der Waals surface area contributed by atoms with Crippen LogP contribution in [0.25, 0.3) is 0 Å². The van der Waals surface area contributed by atoms with Gasteiger partial charge in [0.15, 0.2) is 6.10 Å². The van der Waals surface area contributed by atoms with Gasteiger partial charge in [-0.2, -0.15) is 0 Å². The molecule has 0 radical (unpaired) electrons. The Morgan fingerprint density at radius 3 is 1.21 bits per heavy atom. The number of allylic oxidation sites excluding steroid dienone is 12. The molecular formula is C46H76O6. The predicted molar refractivity (Wildman–Crippen MR) is 219 cm³/mol. The van der Waals surface area contributed by atoms with Gasteiger partial charge in [-0.15, -0.1) is 0 Å². The van der Waals surface area contributed by atoms with Crippen LogP contribution in [0.5, 0.6) is 0 Å². The molecule has 6 nitrogen and oxygen atoms in total. The summed E-state index contributed by atoms with van der Waals surface area (Å²) in [5.74, 6) is -0.982. The highest BCUT2D eigenvalue weighted by Crippen LogP contribution is 2.12. The normalized spacial score (nSPS) is 12.8. The molecule has 0 heterocycles. The molecule has 0 N–H and O–H groups in total. The van der Waals surface area contributed by atoms with E-state index in [1.54, 1.807) is 0 Å². The zero-order chi connectivity index (χ0) is 38.0. The zero-order valence-electron chi connectivity index (χ0n) is 33.5. The van der Waals surface area contributed by atoms with E-state index in [1.165, 1.54) is 38.5 Å². The van der Waals surface area contributed by atoms with Gasteiger partial charge in [0.2, 0.25) is 0 Å². The van der Waals surface area contributed by atoms with Gasteiger partial charge >= 0.3 is 17.9 Å². The molecule has 0 aliphatic rings. The lowest BCUT2D eigenvalue weighted by atomic mass is 10.1. The molecular weight excluding hydrogens is 648 g/mol. The highest BCUT2D eigenvalue weighted by Gasteiger charge is 2.19. The maximum atomic E-state index is 12.6. The highest BCUT2D eigenvalue weighted by molar-refractivity contribution is 5.71. The van der Waals surface area contributed by atoms with Crippen LogP contribution >= 0.6 is 0 Å². The molecule has 1 unspecified atom stereocenters. The molecule has 0 aromatic heterocycles. The lowest BCUT2D eigenvalue weighted by Gasteiger charge is -2.18. The summed E-state index contributed by atoms with van der Waals surface area (Å²) in [5.41, 5.74) is 0. The Morgan fingerprint density at radius 2 is 0.750 bits per heavy atom. The molecule has 0 amide bonds. The van der Waals surface area contributed by atoms with Crippen molar-refractivity contribution in [2.24, 2.45) is 0 Å². The van der Waals surface area contributed by atoms with Crippen LogP contribution in [-0.4, -0.2) is 37.2 Å². The summed E-state index contributed by atoms with van der Waals surface area (Å²) >= 11 is 0. The van der Waals surface area contributed by atoms with E-state index in [2.05, 4.69) is 93.7 Å². The minimum absolute atomic E-state index is 0.0990. The van der Waals surface area contributed by atoms with Crippen LogP contribution in [0.3, 0.4) is 0 Å². The molecule has 0 aliphatic carbocycles. The monoisotopic (exact) mass is 725 g/mol. The van der Waals surface area contributed by atoms with Crippen molar-refractivity contribution >= 4 is 17.9 Å². The van der Waals surface area contributed by atoms with Gasteiger partial charge in [-0.1, -0.05) is 151 Å². The van der Waals surface area contributed by atoms with Crippen LogP contribution in [0, 0.1) is 0 Å². The summed E-state index contributed by atoms with van der Waals surface area (Å²) in [6.07, 6.45) is 49.0. The molecule has 52 heavy (non-hydrogen) atoms. The van der Waals surface area contributed by atoms with Gasteiger partial charge < -0.3 is 14.2 Å². The van der Waals surface area contributed by atoms with E-state index >= 15 is 0 Å². The first-order valence-corrected chi connectivity index (χ1v) is 20.9. The number of ether oxygens (including phenoxy) is 3. The molecule has 0 aromatic carbocycles. The number of carbonyl (C=O) groups excluding carboxylic acids is 3. The molecule has 0 aromatic rings. The molecule has 0 rings (SSSR count). The van der Waals surface area contributed by atoms with Crippen molar-refractivity contribution in [2.75, 3.05) is 13.2 Å². The largest absolute Gasteiger partial charge is 0.462 e. The number of unbranched alkanes of at least 4 members (excludes halogenated alkanes) is 13. The maximum absolute atomic E-state index is 12.6. The van der Waals surface area contributed by atoms with E-state index in [0.29, 0.717) is 19.3 Å². The van der Waals surface area contributed by atoms with E-state index < -0.39 is 6.10 Å². The number of carbonyl (C=O) groups is 3. The summed E-state index contributed by atoms with van der Waals surface area (Å²) < 4.78 is 16.5. The summed E-state index contributed by atoms with van der Waals surface area (Å²) in [5, 5.41) is 0. The number of rotatable bonds is 36. The van der Waals surface area contributed by atoms with Crippen LogP contribution < -0.4 is 0 Å². The fourth-order valence-electron chi connectivity index (χ4n) is 5.35. The van der Waals surface area contributed by atoms with Crippen LogP contribution in [0.4, 0.5) is 0 Å². The Bertz CT molecular complexity index is 1020. The summed E-state index contributed by atoms with van der Waals surface area (Å²) in [6, 6.07) is 0. The van der Waals surface area contributed by atoms with Gasteiger partial charge in [-0.25, -0.2) is 0 Å². The Hall–Kier alpha value is -3.15. The van der Waals surface area contributed by atoms with Crippen molar-refractivity contribution in [3.8, 4) is 0 Å². The maximum Gasteiger partial charge on any atom is 0.306 e. The minimum atomic E-state index is -0.799. The van der Waals surface area contributed by atoms with Crippen molar-refractivity contribution in [1.29, 1.82) is 0 Å². The van der Waals surface area contributed by atoms with Crippen molar-refractivity contribution in [2.45, 2.75) is 187 Å². The summed E-state index contributed by atoms with van der Waals surface area (Å²) in [6.45, 7) is 6.29. The quantitative estimate of drug-likeness (QED) is 0.0277. The van der Waals surface area contributed by atoms with E-state index in [4.69, 9.17) is 14.2 Å². The third-order valence-electron chi connectivity index (χ3n) is 8.46. The second kappa shape index (κ2) is 40.6. The van der Waals surface area contributed by atoms with Crippen LogP contribution in [0.15, 0.2) is 72.9 Å². The SMILES string of the molecule is CC/C=C\C/C=C\C/C=C\C/C=C\CCCCCC(=O)OCC(COC(=O)CCCCCCCCCCC)OC(=O)CCCC/C=C\C/C=C\CC. The van der Waals surface area contributed by atoms with Crippen molar-refractivity contribution in [3.63, 3.8) is 0 Å². The second-order valence-electron chi connectivity index (χ2n) is 13.5. The number of hydrogen-bond donors (Lipinski definition) is 0. The van der Waals surface area contributed by atoms with E-state index in [1.807, 2.05) is 0 Å². The second-order valence-corrected chi connectivity index (χ2v) is 13.5. The summed E-state index contributed by atoms with van der Waals surface area (Å²) in [7, 11) is 0. The fraction of sp³-hybridized carbons (Fsp3) is 0.674. The van der Waals surface area contributed by atoms with E-state index in [0.717, 1.165) is 96.3 Å². The Balaban J connectivity index is 4.43. The van der Waals surface area contributed by atoms with E-state index in [9.17, 15) is 14.4 Å². The third-order valence-corrected chi connectivity index (χ3v) is 8.46. The highest BCUT2D eigenvalue weighted by atomic mass is 16.6. The van der Waals surface area contributed by atoms with Crippen molar-refractivity contribution in [1.82, 2.24) is 0 Å². The van der Waals surface area contributed by atoms with Crippen LogP contribution in [-0.2, 0) is 28.6 Å². The van der Waals surface area contributed by atoms with E-state index in [-0.39, 0.29) is 37.5 Å². The molecule has 1 atom stereocenters. The molecule has 0 saturated heterocycles. The average Bonchev–Trinajstić information content (AvgIpc) is 3.14. The smallest absolute Gasteiger partial charge is 0.306 e. The van der Waals surface area contributed by atoms with Gasteiger partial charge in [0.05, 0.1) is 0 Å². The number of hydrogen-bond acceptors (Lipinski definition) is 6. The van der Waals surface area contributed by atoms with Crippen LogP contribution in [0.1, 0.15) is 181 Å².